The van der Waals surface area contributed by atoms with E-state index in [4.69, 9.17) is 0 Å². The lowest BCUT2D eigenvalue weighted by Gasteiger charge is -2.37. The summed E-state index contributed by atoms with van der Waals surface area (Å²) in [4.78, 5) is 25.5. The van der Waals surface area contributed by atoms with E-state index in [1.54, 1.807) is 0 Å². The van der Waals surface area contributed by atoms with Gasteiger partial charge in [0.2, 0.25) is 0 Å². The van der Waals surface area contributed by atoms with E-state index < -0.39 is 0 Å². The van der Waals surface area contributed by atoms with E-state index in [9.17, 15) is 9.59 Å². The number of benzene rings is 1. The molecule has 2 aliphatic rings. The highest BCUT2D eigenvalue weighted by atomic mass is 16.1. The number of aromatic amines is 2. The van der Waals surface area contributed by atoms with E-state index in [0.29, 0.717) is 23.7 Å². The zero-order valence-corrected chi connectivity index (χ0v) is 15.7. The standard InChI is InChI=1S/C21H25N3O2/c1-11(2)12-5-7-13(8-6-12)16-17-14(9-21(3,4)10-15(17)25)22-19-18(16)20(26)24-23-19/h5-8,11,16H,9-10H2,1-4H3,(H3,22,23,24,26)/t16-/m1/s1. The van der Waals surface area contributed by atoms with Gasteiger partial charge in [0.1, 0.15) is 5.82 Å². The summed E-state index contributed by atoms with van der Waals surface area (Å²) >= 11 is 0. The maximum absolute atomic E-state index is 13.0. The van der Waals surface area contributed by atoms with Gasteiger partial charge in [-0.2, -0.15) is 0 Å². The Morgan fingerprint density at radius 2 is 1.73 bits per heavy atom. The molecule has 1 aromatic heterocycles. The Labute approximate surface area is 152 Å². The van der Waals surface area contributed by atoms with Crippen LogP contribution in [0.4, 0.5) is 5.82 Å². The molecule has 0 saturated carbocycles. The largest absolute Gasteiger partial charge is 0.343 e. The van der Waals surface area contributed by atoms with Gasteiger partial charge in [0.25, 0.3) is 5.56 Å². The molecular weight excluding hydrogens is 326 g/mol. The van der Waals surface area contributed by atoms with Crippen LogP contribution in [0.5, 0.6) is 0 Å². The number of H-pyrrole nitrogens is 2. The topological polar surface area (TPSA) is 77.8 Å². The molecule has 3 N–H and O–H groups in total. The third-order valence-electron chi connectivity index (χ3n) is 5.52. The number of hydrogen-bond donors (Lipinski definition) is 3. The van der Waals surface area contributed by atoms with E-state index in [-0.39, 0.29) is 22.7 Å². The van der Waals surface area contributed by atoms with Crippen molar-refractivity contribution in [3.8, 4) is 0 Å². The molecule has 0 fully saturated rings. The normalized spacial score (nSPS) is 21.4. The lowest BCUT2D eigenvalue weighted by atomic mass is 9.69. The van der Waals surface area contributed by atoms with Crippen molar-refractivity contribution in [2.45, 2.75) is 52.4 Å². The second-order valence-electron chi connectivity index (χ2n) is 8.58. The van der Waals surface area contributed by atoms with Gasteiger partial charge in [0, 0.05) is 23.6 Å². The van der Waals surface area contributed by atoms with Gasteiger partial charge in [0.15, 0.2) is 5.78 Å². The Balaban J connectivity index is 1.89. The van der Waals surface area contributed by atoms with Crippen LogP contribution < -0.4 is 10.9 Å². The maximum Gasteiger partial charge on any atom is 0.270 e. The molecule has 0 radical (unpaired) electrons. The van der Waals surface area contributed by atoms with Gasteiger partial charge in [-0.1, -0.05) is 52.0 Å². The molecule has 0 bridgehead atoms. The molecule has 1 aromatic carbocycles. The van der Waals surface area contributed by atoms with E-state index in [1.165, 1.54) is 5.56 Å². The van der Waals surface area contributed by atoms with Gasteiger partial charge < -0.3 is 5.32 Å². The van der Waals surface area contributed by atoms with Crippen molar-refractivity contribution in [3.63, 3.8) is 0 Å². The van der Waals surface area contributed by atoms with Crippen LogP contribution in [0.2, 0.25) is 0 Å². The van der Waals surface area contributed by atoms with Crippen LogP contribution in [-0.2, 0) is 4.79 Å². The van der Waals surface area contributed by atoms with Crippen LogP contribution in [0, 0.1) is 5.41 Å². The van der Waals surface area contributed by atoms with Gasteiger partial charge in [-0.05, 0) is 28.9 Å². The highest BCUT2D eigenvalue weighted by Gasteiger charge is 2.42. The number of fused-ring (bicyclic) bond motifs is 1. The molecule has 0 unspecified atom stereocenters. The van der Waals surface area contributed by atoms with Gasteiger partial charge in [0.05, 0.1) is 5.56 Å². The van der Waals surface area contributed by atoms with Crippen molar-refractivity contribution >= 4 is 11.6 Å². The summed E-state index contributed by atoms with van der Waals surface area (Å²) in [6.07, 6.45) is 1.30. The fourth-order valence-electron chi connectivity index (χ4n) is 4.22. The summed E-state index contributed by atoms with van der Waals surface area (Å²) in [5.41, 5.74) is 4.28. The number of Topliss-reactive ketones (excluding diaryl/α,β-unsaturated/α-hetero) is 1. The van der Waals surface area contributed by atoms with Crippen molar-refractivity contribution in [1.29, 1.82) is 0 Å². The fraction of sp³-hybridized carbons (Fsp3) is 0.429. The van der Waals surface area contributed by atoms with E-state index in [0.717, 1.165) is 23.3 Å². The summed E-state index contributed by atoms with van der Waals surface area (Å²) in [6, 6.07) is 8.30. The molecule has 0 spiro atoms. The van der Waals surface area contributed by atoms with Crippen molar-refractivity contribution in [1.82, 2.24) is 10.2 Å². The smallest absolute Gasteiger partial charge is 0.270 e. The molecule has 0 saturated heterocycles. The van der Waals surface area contributed by atoms with Crippen LogP contribution in [0.3, 0.4) is 0 Å². The van der Waals surface area contributed by atoms with Crippen molar-refractivity contribution in [2.75, 3.05) is 5.32 Å². The number of ketones is 1. The lowest BCUT2D eigenvalue weighted by Crippen LogP contribution is -2.34. The number of aromatic nitrogens is 2. The average Bonchev–Trinajstić information content (AvgIpc) is 2.93. The molecule has 4 rings (SSSR count). The molecule has 2 heterocycles. The molecular formula is C21H25N3O2. The predicted octanol–water partition coefficient (Wildman–Crippen LogP) is 4.03. The number of hydrogen-bond acceptors (Lipinski definition) is 3. The summed E-state index contributed by atoms with van der Waals surface area (Å²) < 4.78 is 0. The Kier molecular flexibility index (Phi) is 3.72. The van der Waals surface area contributed by atoms with Gasteiger partial charge in [-0.25, -0.2) is 0 Å². The second kappa shape index (κ2) is 5.73. The van der Waals surface area contributed by atoms with E-state index in [1.807, 2.05) is 0 Å². The molecule has 5 nitrogen and oxygen atoms in total. The lowest BCUT2D eigenvalue weighted by molar-refractivity contribution is -0.118. The van der Waals surface area contributed by atoms with Crippen LogP contribution in [-0.4, -0.2) is 16.0 Å². The van der Waals surface area contributed by atoms with E-state index in [2.05, 4.69) is 67.5 Å². The van der Waals surface area contributed by atoms with Crippen molar-refractivity contribution < 1.29 is 4.79 Å². The summed E-state index contributed by atoms with van der Waals surface area (Å²) in [5, 5.41) is 8.92. The number of rotatable bonds is 2. The first-order chi connectivity index (χ1) is 12.3. The Hall–Kier alpha value is -2.56. The third-order valence-corrected chi connectivity index (χ3v) is 5.52. The minimum absolute atomic E-state index is 0.0803. The molecule has 136 valence electrons. The number of nitrogens with one attached hydrogen (secondary N) is 3. The zero-order valence-electron chi connectivity index (χ0n) is 15.7. The molecule has 0 amide bonds. The minimum atomic E-state index is -0.318. The second-order valence-corrected chi connectivity index (χ2v) is 8.58. The molecule has 26 heavy (non-hydrogen) atoms. The Morgan fingerprint density at radius 3 is 2.38 bits per heavy atom. The number of anilines is 1. The first kappa shape index (κ1) is 16.9. The van der Waals surface area contributed by atoms with Crippen LogP contribution in [0.1, 0.15) is 69.1 Å². The average molecular weight is 351 g/mol. The van der Waals surface area contributed by atoms with Crippen molar-refractivity contribution in [2.24, 2.45) is 5.41 Å². The minimum Gasteiger partial charge on any atom is -0.343 e. The summed E-state index contributed by atoms with van der Waals surface area (Å²) in [6.45, 7) is 8.53. The highest BCUT2D eigenvalue weighted by molar-refractivity contribution is 6.01. The van der Waals surface area contributed by atoms with Crippen molar-refractivity contribution in [3.05, 3.63) is 62.6 Å². The summed E-state index contributed by atoms with van der Waals surface area (Å²) in [5.74, 6) is 0.932. The molecule has 1 aliphatic carbocycles. The fourth-order valence-corrected chi connectivity index (χ4v) is 4.22. The first-order valence-corrected chi connectivity index (χ1v) is 9.20. The van der Waals surface area contributed by atoms with Crippen LogP contribution in [0.25, 0.3) is 0 Å². The maximum atomic E-state index is 13.0. The molecule has 2 aromatic rings. The van der Waals surface area contributed by atoms with Gasteiger partial charge in [-0.15, -0.1) is 0 Å². The number of carbonyl (C=O) groups excluding carboxylic acids is 1. The molecule has 5 heteroatoms. The predicted molar refractivity (Wildman–Crippen MR) is 102 cm³/mol. The quantitative estimate of drug-likeness (QED) is 0.764. The highest BCUT2D eigenvalue weighted by Crippen LogP contribution is 2.47. The van der Waals surface area contributed by atoms with Crippen LogP contribution >= 0.6 is 0 Å². The Morgan fingerprint density at radius 1 is 1.04 bits per heavy atom. The Bertz CT molecular complexity index is 958. The zero-order chi connectivity index (χ0) is 18.6. The number of carbonyl (C=O) groups is 1. The monoisotopic (exact) mass is 351 g/mol. The third kappa shape index (κ3) is 2.62. The number of allylic oxidation sites excluding steroid dienone is 2. The SMILES string of the molecule is CC(C)c1ccc([C@@H]2C3=C(CC(C)(C)CC3=O)Nc3[nH][nH]c(=O)c32)cc1. The van der Waals surface area contributed by atoms with Crippen LogP contribution in [0.15, 0.2) is 40.3 Å². The molecule has 1 atom stereocenters. The van der Waals surface area contributed by atoms with E-state index >= 15 is 0 Å². The van der Waals surface area contributed by atoms with Gasteiger partial charge >= 0.3 is 0 Å². The first-order valence-electron chi connectivity index (χ1n) is 9.20. The molecule has 1 aliphatic heterocycles. The summed E-state index contributed by atoms with van der Waals surface area (Å²) in [7, 11) is 0. The van der Waals surface area contributed by atoms with Gasteiger partial charge in [-0.3, -0.25) is 19.8 Å².